The van der Waals surface area contributed by atoms with Gasteiger partial charge in [-0.15, -0.1) is 0 Å². The van der Waals surface area contributed by atoms with Gasteiger partial charge in [-0.25, -0.2) is 0 Å². The van der Waals surface area contributed by atoms with Gasteiger partial charge in [0.1, 0.15) is 0 Å². The molecule has 0 saturated heterocycles. The molecule has 0 aliphatic rings. The number of aromatic nitrogens is 2. The number of hydrogen-bond donors (Lipinski definition) is 1. The molecule has 4 nitrogen and oxygen atoms in total. The molecule has 1 heterocycles. The van der Waals surface area contributed by atoms with Crippen molar-refractivity contribution in [3.63, 3.8) is 0 Å². The Morgan fingerprint density at radius 1 is 1.47 bits per heavy atom. The Kier molecular flexibility index (Phi) is 5.43. The van der Waals surface area contributed by atoms with Crippen LogP contribution in [0.4, 0.5) is 0 Å². The second-order valence-electron chi connectivity index (χ2n) is 4.19. The highest BCUT2D eigenvalue weighted by molar-refractivity contribution is 6.31. The van der Waals surface area contributed by atoms with Gasteiger partial charge in [0.05, 0.1) is 22.5 Å². The average Bonchev–Trinajstić information content (AvgIpc) is 2.57. The minimum atomic E-state index is -0.0613. The highest BCUT2D eigenvalue weighted by atomic mass is 35.5. The summed E-state index contributed by atoms with van der Waals surface area (Å²) in [5.41, 5.74) is 7.98. The fourth-order valence-electron chi connectivity index (χ4n) is 1.84. The van der Waals surface area contributed by atoms with Gasteiger partial charge in [0.15, 0.2) is 0 Å². The fraction of sp³-hybridized carbons (Fsp3) is 0.750. The van der Waals surface area contributed by atoms with Gasteiger partial charge >= 0.3 is 0 Å². The van der Waals surface area contributed by atoms with Gasteiger partial charge in [-0.3, -0.25) is 4.68 Å². The summed E-state index contributed by atoms with van der Waals surface area (Å²) in [5.74, 6) is 0. The third kappa shape index (κ3) is 3.44. The molecule has 98 valence electrons. The Morgan fingerprint density at radius 3 is 2.65 bits per heavy atom. The van der Waals surface area contributed by atoms with Gasteiger partial charge in [0.2, 0.25) is 0 Å². The fourth-order valence-corrected chi connectivity index (χ4v) is 2.05. The van der Waals surface area contributed by atoms with Gasteiger partial charge < -0.3 is 10.5 Å². The second-order valence-corrected chi connectivity index (χ2v) is 4.57. The first kappa shape index (κ1) is 14.5. The highest BCUT2D eigenvalue weighted by Crippen LogP contribution is 2.22. The van der Waals surface area contributed by atoms with Crippen molar-refractivity contribution in [3.05, 3.63) is 16.4 Å². The summed E-state index contributed by atoms with van der Waals surface area (Å²) in [6, 6.07) is -0.0613. The summed E-state index contributed by atoms with van der Waals surface area (Å²) in [6.45, 7) is 9.39. The molecule has 17 heavy (non-hydrogen) atoms. The molecule has 0 aliphatic carbocycles. The summed E-state index contributed by atoms with van der Waals surface area (Å²) < 4.78 is 7.41. The van der Waals surface area contributed by atoms with E-state index in [9.17, 15) is 0 Å². The summed E-state index contributed by atoms with van der Waals surface area (Å²) in [6.07, 6.45) is 0.714. The van der Waals surface area contributed by atoms with E-state index in [1.807, 2.05) is 32.4 Å². The maximum absolute atomic E-state index is 6.24. The highest BCUT2D eigenvalue weighted by Gasteiger charge is 2.19. The Morgan fingerprint density at radius 2 is 2.12 bits per heavy atom. The summed E-state index contributed by atoms with van der Waals surface area (Å²) in [7, 11) is 0. The molecule has 5 heteroatoms. The monoisotopic (exact) mass is 259 g/mol. The van der Waals surface area contributed by atoms with Crippen LogP contribution in [0.1, 0.15) is 32.2 Å². The van der Waals surface area contributed by atoms with E-state index in [1.54, 1.807) is 0 Å². The molecule has 0 aliphatic heterocycles. The molecule has 0 aromatic carbocycles. The standard InChI is InChI=1S/C12H22ClN3O/c1-5-16-11(12(13)8(3)15-16)7-10(14)9(4)17-6-2/h9-10H,5-7,14H2,1-4H3. The lowest BCUT2D eigenvalue weighted by atomic mass is 10.1. The van der Waals surface area contributed by atoms with E-state index < -0.39 is 0 Å². The molecule has 1 aromatic rings. The molecular formula is C12H22ClN3O. The lowest BCUT2D eigenvalue weighted by Gasteiger charge is -2.20. The number of nitrogens with zero attached hydrogens (tertiary/aromatic N) is 2. The van der Waals surface area contributed by atoms with E-state index in [1.165, 1.54) is 0 Å². The smallest absolute Gasteiger partial charge is 0.0847 e. The van der Waals surface area contributed by atoms with Crippen LogP contribution in [0.3, 0.4) is 0 Å². The number of aryl methyl sites for hydroxylation is 2. The number of ether oxygens (including phenoxy) is 1. The summed E-state index contributed by atoms with van der Waals surface area (Å²) >= 11 is 6.24. The largest absolute Gasteiger partial charge is 0.377 e. The third-order valence-electron chi connectivity index (χ3n) is 2.91. The molecule has 1 rings (SSSR count). The Bertz CT molecular complexity index is 365. The zero-order valence-electron chi connectivity index (χ0n) is 11.0. The average molecular weight is 260 g/mol. The first-order valence-electron chi connectivity index (χ1n) is 6.10. The van der Waals surface area contributed by atoms with Crippen molar-refractivity contribution in [2.24, 2.45) is 5.73 Å². The van der Waals surface area contributed by atoms with E-state index >= 15 is 0 Å². The van der Waals surface area contributed by atoms with Crippen LogP contribution in [-0.4, -0.2) is 28.5 Å². The Balaban J connectivity index is 2.80. The number of hydrogen-bond acceptors (Lipinski definition) is 3. The van der Waals surface area contributed by atoms with Crippen LogP contribution in [0.15, 0.2) is 0 Å². The first-order valence-corrected chi connectivity index (χ1v) is 6.47. The van der Waals surface area contributed by atoms with Crippen molar-refractivity contribution in [3.8, 4) is 0 Å². The molecule has 2 atom stereocenters. The van der Waals surface area contributed by atoms with Crippen LogP contribution < -0.4 is 5.73 Å². The SMILES string of the molecule is CCOC(C)C(N)Cc1c(Cl)c(C)nn1CC. The molecule has 2 unspecified atom stereocenters. The molecule has 1 aromatic heterocycles. The van der Waals surface area contributed by atoms with Gasteiger partial charge in [0.25, 0.3) is 0 Å². The number of rotatable bonds is 6. The lowest BCUT2D eigenvalue weighted by Crippen LogP contribution is -2.37. The lowest BCUT2D eigenvalue weighted by molar-refractivity contribution is 0.0572. The van der Waals surface area contributed by atoms with Crippen molar-refractivity contribution in [1.29, 1.82) is 0 Å². The normalized spacial score (nSPS) is 14.9. The van der Waals surface area contributed by atoms with Crippen LogP contribution in [0, 0.1) is 6.92 Å². The van der Waals surface area contributed by atoms with E-state index in [4.69, 9.17) is 22.1 Å². The van der Waals surface area contributed by atoms with Crippen molar-refractivity contribution < 1.29 is 4.74 Å². The molecule has 0 radical (unpaired) electrons. The predicted molar refractivity (Wildman–Crippen MR) is 70.4 cm³/mol. The van der Waals surface area contributed by atoms with Crippen LogP contribution in [0.5, 0.6) is 0 Å². The topological polar surface area (TPSA) is 53.1 Å². The van der Waals surface area contributed by atoms with Crippen LogP contribution in [0.2, 0.25) is 5.02 Å². The maximum Gasteiger partial charge on any atom is 0.0847 e. The number of halogens is 1. The Labute approximate surface area is 108 Å². The molecule has 2 N–H and O–H groups in total. The van der Waals surface area contributed by atoms with E-state index in [0.29, 0.717) is 13.0 Å². The molecule has 0 amide bonds. The second kappa shape index (κ2) is 6.38. The van der Waals surface area contributed by atoms with E-state index in [0.717, 1.165) is 23.0 Å². The minimum Gasteiger partial charge on any atom is -0.377 e. The van der Waals surface area contributed by atoms with Crippen LogP contribution >= 0.6 is 11.6 Å². The van der Waals surface area contributed by atoms with Crippen molar-refractivity contribution >= 4 is 11.6 Å². The quantitative estimate of drug-likeness (QED) is 0.852. The minimum absolute atomic E-state index is 0.0246. The molecule has 0 spiro atoms. The zero-order valence-corrected chi connectivity index (χ0v) is 11.8. The first-order chi connectivity index (χ1) is 8.01. The third-order valence-corrected chi connectivity index (χ3v) is 3.41. The number of nitrogens with two attached hydrogens (primary N) is 1. The van der Waals surface area contributed by atoms with E-state index in [-0.39, 0.29) is 12.1 Å². The van der Waals surface area contributed by atoms with Gasteiger partial charge in [-0.2, -0.15) is 5.10 Å². The molecule has 0 fully saturated rings. The Hall–Kier alpha value is -0.580. The molecule has 0 bridgehead atoms. The predicted octanol–water partition coefficient (Wildman–Crippen LogP) is 2.16. The summed E-state index contributed by atoms with van der Waals surface area (Å²) in [4.78, 5) is 0. The van der Waals surface area contributed by atoms with Gasteiger partial charge in [-0.05, 0) is 27.7 Å². The van der Waals surface area contributed by atoms with E-state index in [2.05, 4.69) is 5.10 Å². The molecule has 0 saturated carbocycles. The maximum atomic E-state index is 6.24. The van der Waals surface area contributed by atoms with Gasteiger partial charge in [0, 0.05) is 25.6 Å². The van der Waals surface area contributed by atoms with Gasteiger partial charge in [-0.1, -0.05) is 11.6 Å². The summed E-state index contributed by atoms with van der Waals surface area (Å²) in [5, 5.41) is 5.10. The van der Waals surface area contributed by atoms with Crippen molar-refractivity contribution in [2.45, 2.75) is 52.8 Å². The van der Waals surface area contributed by atoms with Crippen molar-refractivity contribution in [2.75, 3.05) is 6.61 Å². The van der Waals surface area contributed by atoms with Crippen molar-refractivity contribution in [1.82, 2.24) is 9.78 Å². The van der Waals surface area contributed by atoms with Crippen LogP contribution in [0.25, 0.3) is 0 Å². The van der Waals surface area contributed by atoms with Crippen LogP contribution in [-0.2, 0) is 17.7 Å². The zero-order chi connectivity index (χ0) is 13.0. The molecular weight excluding hydrogens is 238 g/mol.